The molecule has 3 aromatic rings. The van der Waals surface area contributed by atoms with E-state index in [0.717, 1.165) is 11.3 Å². The van der Waals surface area contributed by atoms with Crippen molar-refractivity contribution in [3.05, 3.63) is 78.5 Å². The van der Waals surface area contributed by atoms with Crippen LogP contribution in [-0.4, -0.2) is 4.98 Å². The van der Waals surface area contributed by atoms with Gasteiger partial charge in [-0.15, -0.1) is 0 Å². The topological polar surface area (TPSA) is 12.9 Å². The van der Waals surface area contributed by atoms with E-state index >= 15 is 0 Å². The molecule has 0 atom stereocenters. The number of hydrogen-bond donors (Lipinski definition) is 0. The number of benzene rings is 2. The highest BCUT2D eigenvalue weighted by Crippen LogP contribution is 2.25. The molecule has 0 saturated heterocycles. The van der Waals surface area contributed by atoms with Gasteiger partial charge in [0.25, 0.3) is 0 Å². The fourth-order valence-electron chi connectivity index (χ4n) is 2.43. The number of hydrogen-bond acceptors (Lipinski definition) is 1. The molecule has 0 bridgehead atoms. The van der Waals surface area contributed by atoms with E-state index in [0.29, 0.717) is 5.92 Å². The summed E-state index contributed by atoms with van der Waals surface area (Å²) in [5.41, 5.74) is 6.04. The second-order valence-corrected chi connectivity index (χ2v) is 5.57. The Hall–Kier alpha value is -2.41. The molecule has 0 saturated carbocycles. The van der Waals surface area contributed by atoms with Gasteiger partial charge in [-0.2, -0.15) is 0 Å². The molecule has 1 nitrogen and oxygen atoms in total. The molecule has 104 valence electrons. The lowest BCUT2D eigenvalue weighted by molar-refractivity contribution is 0.867. The maximum Gasteiger partial charge on any atom is 0.0701 e. The average Bonchev–Trinajstić information content (AvgIpc) is 2.56. The quantitative estimate of drug-likeness (QED) is 0.610. The first kappa shape index (κ1) is 13.6. The first-order valence-corrected chi connectivity index (χ1v) is 7.36. The zero-order valence-electron chi connectivity index (χ0n) is 12.5. The highest BCUT2D eigenvalue weighted by molar-refractivity contribution is 5.68. The Morgan fingerprint density at radius 3 is 1.76 bits per heavy atom. The summed E-state index contributed by atoms with van der Waals surface area (Å²) in [5, 5.41) is 0. The van der Waals surface area contributed by atoms with Crippen molar-refractivity contribution in [1.29, 1.82) is 0 Å². The van der Waals surface area contributed by atoms with Crippen molar-refractivity contribution in [2.45, 2.75) is 19.8 Å². The molecule has 3 rings (SSSR count). The van der Waals surface area contributed by atoms with Crippen LogP contribution in [0.2, 0.25) is 0 Å². The van der Waals surface area contributed by atoms with Crippen molar-refractivity contribution in [3.63, 3.8) is 0 Å². The van der Waals surface area contributed by atoms with Gasteiger partial charge >= 0.3 is 0 Å². The molecule has 2 aromatic carbocycles. The Labute approximate surface area is 126 Å². The minimum atomic E-state index is 0.575. The summed E-state index contributed by atoms with van der Waals surface area (Å²) in [7, 11) is 0. The van der Waals surface area contributed by atoms with E-state index < -0.39 is 0 Å². The molecule has 0 aliphatic heterocycles. The summed E-state index contributed by atoms with van der Waals surface area (Å²) in [5.74, 6) is 0.575. The maximum absolute atomic E-state index is 4.38. The van der Waals surface area contributed by atoms with Crippen molar-refractivity contribution in [1.82, 2.24) is 4.98 Å². The summed E-state index contributed by atoms with van der Waals surface area (Å²) in [6.45, 7) is 4.44. The molecule has 0 amide bonds. The molecule has 21 heavy (non-hydrogen) atoms. The van der Waals surface area contributed by atoms with E-state index in [2.05, 4.69) is 67.4 Å². The Morgan fingerprint density at radius 1 is 0.667 bits per heavy atom. The van der Waals surface area contributed by atoms with Gasteiger partial charge in [0.2, 0.25) is 0 Å². The summed E-state index contributed by atoms with van der Waals surface area (Å²) >= 11 is 0. The molecule has 1 aromatic heterocycles. The molecule has 0 N–H and O–H groups in total. The highest BCUT2D eigenvalue weighted by Gasteiger charge is 2.02. The average molecular weight is 273 g/mol. The van der Waals surface area contributed by atoms with Crippen LogP contribution in [0.4, 0.5) is 0 Å². The van der Waals surface area contributed by atoms with Crippen molar-refractivity contribution in [2.24, 2.45) is 0 Å². The van der Waals surface area contributed by atoms with Crippen LogP contribution in [0.1, 0.15) is 25.3 Å². The van der Waals surface area contributed by atoms with Crippen molar-refractivity contribution in [2.75, 3.05) is 0 Å². The number of aromatic nitrogens is 1. The molecule has 0 unspecified atom stereocenters. The van der Waals surface area contributed by atoms with Crippen LogP contribution in [0, 0.1) is 0 Å². The van der Waals surface area contributed by atoms with E-state index in [1.54, 1.807) is 0 Å². The van der Waals surface area contributed by atoms with Crippen LogP contribution in [0.3, 0.4) is 0 Å². The van der Waals surface area contributed by atoms with Crippen molar-refractivity contribution >= 4 is 0 Å². The molecule has 0 spiro atoms. The maximum atomic E-state index is 4.38. The number of rotatable bonds is 3. The van der Waals surface area contributed by atoms with Crippen LogP contribution in [0.25, 0.3) is 22.4 Å². The second kappa shape index (κ2) is 5.92. The van der Waals surface area contributed by atoms with Gasteiger partial charge in [-0.05, 0) is 34.7 Å². The lowest BCUT2D eigenvalue weighted by Gasteiger charge is -2.08. The summed E-state index contributed by atoms with van der Waals surface area (Å²) < 4.78 is 0. The van der Waals surface area contributed by atoms with Crippen molar-refractivity contribution < 1.29 is 0 Å². The normalized spacial score (nSPS) is 10.8. The van der Waals surface area contributed by atoms with Gasteiger partial charge in [0, 0.05) is 11.8 Å². The van der Waals surface area contributed by atoms with Gasteiger partial charge in [0.1, 0.15) is 0 Å². The fraction of sp³-hybridized carbons (Fsp3) is 0.150. The van der Waals surface area contributed by atoms with Gasteiger partial charge in [0.15, 0.2) is 0 Å². The predicted molar refractivity (Wildman–Crippen MR) is 89.2 cm³/mol. The lowest BCUT2D eigenvalue weighted by Crippen LogP contribution is -1.87. The Bertz CT molecular complexity index is 695. The standard InChI is InChI=1S/C20H19N/c1-15(2)16-6-8-17(9-7-16)18-10-12-19(13-11-18)20-5-3-4-14-21-20/h3-15H,1-2H3. The van der Waals surface area contributed by atoms with E-state index in [1.165, 1.54) is 16.7 Å². The molecule has 1 heterocycles. The third kappa shape index (κ3) is 3.03. The van der Waals surface area contributed by atoms with Gasteiger partial charge in [-0.1, -0.05) is 68.4 Å². The molecule has 1 heteroatoms. The van der Waals surface area contributed by atoms with Crippen LogP contribution in [0.5, 0.6) is 0 Å². The monoisotopic (exact) mass is 273 g/mol. The molecule has 0 radical (unpaired) electrons. The van der Waals surface area contributed by atoms with Crippen molar-refractivity contribution in [3.8, 4) is 22.4 Å². The summed E-state index contributed by atoms with van der Waals surface area (Å²) in [6, 6.07) is 23.4. The lowest BCUT2D eigenvalue weighted by atomic mass is 9.98. The molecule has 0 aliphatic rings. The predicted octanol–water partition coefficient (Wildman–Crippen LogP) is 5.54. The van der Waals surface area contributed by atoms with Gasteiger partial charge in [0.05, 0.1) is 5.69 Å². The molecular weight excluding hydrogens is 254 g/mol. The molecular formula is C20H19N. The van der Waals surface area contributed by atoms with Gasteiger partial charge in [-0.3, -0.25) is 4.98 Å². The van der Waals surface area contributed by atoms with Crippen LogP contribution in [0.15, 0.2) is 72.9 Å². The number of nitrogens with zero attached hydrogens (tertiary/aromatic N) is 1. The van der Waals surface area contributed by atoms with Crippen LogP contribution < -0.4 is 0 Å². The van der Waals surface area contributed by atoms with Gasteiger partial charge < -0.3 is 0 Å². The fourth-order valence-corrected chi connectivity index (χ4v) is 2.43. The Kier molecular flexibility index (Phi) is 3.83. The summed E-state index contributed by atoms with van der Waals surface area (Å²) in [6.07, 6.45) is 1.83. The Morgan fingerprint density at radius 2 is 1.24 bits per heavy atom. The van der Waals surface area contributed by atoms with E-state index in [1.807, 2.05) is 24.4 Å². The SMILES string of the molecule is CC(C)c1ccc(-c2ccc(-c3ccccn3)cc2)cc1. The molecule has 0 fully saturated rings. The third-order valence-corrected chi connectivity index (χ3v) is 3.76. The van der Waals surface area contributed by atoms with Crippen LogP contribution >= 0.6 is 0 Å². The summed E-state index contributed by atoms with van der Waals surface area (Å²) in [4.78, 5) is 4.38. The first-order valence-electron chi connectivity index (χ1n) is 7.36. The van der Waals surface area contributed by atoms with Crippen LogP contribution in [-0.2, 0) is 0 Å². The molecule has 0 aliphatic carbocycles. The highest BCUT2D eigenvalue weighted by atomic mass is 14.7. The van der Waals surface area contributed by atoms with E-state index in [9.17, 15) is 0 Å². The van der Waals surface area contributed by atoms with Gasteiger partial charge in [-0.25, -0.2) is 0 Å². The Balaban J connectivity index is 1.87. The minimum Gasteiger partial charge on any atom is -0.256 e. The van der Waals surface area contributed by atoms with E-state index in [4.69, 9.17) is 0 Å². The second-order valence-electron chi connectivity index (χ2n) is 5.57. The third-order valence-electron chi connectivity index (χ3n) is 3.76. The number of pyridine rings is 1. The minimum absolute atomic E-state index is 0.575. The van der Waals surface area contributed by atoms with E-state index in [-0.39, 0.29) is 0 Å². The zero-order valence-corrected chi connectivity index (χ0v) is 12.5. The first-order chi connectivity index (χ1) is 10.2. The smallest absolute Gasteiger partial charge is 0.0701 e. The largest absolute Gasteiger partial charge is 0.256 e. The zero-order chi connectivity index (χ0) is 14.7.